The standard InChI is InChI=1S/C28H33N5O/c1-20-9-13-22(14-10-20)17-24(18-30-28(34)31(3)4)33-26-8-6-5-7-25(26)32(27(33)29)19-23-15-11-21(2)12-16-23/h5-16,24,29H,17-19H2,1-4H3,(H,30,34)/t24-/m0/s1. The molecule has 0 aliphatic rings. The third-order valence-electron chi connectivity index (χ3n) is 6.23. The molecule has 0 aliphatic heterocycles. The van der Waals surface area contributed by atoms with Crippen LogP contribution in [0.4, 0.5) is 4.79 Å². The SMILES string of the molecule is Cc1ccc(C[C@@H](CNC(=O)N(C)C)n2c(=N)n(Cc3ccc(C)cc3)c3ccccc32)cc1. The molecule has 2 amide bonds. The zero-order valence-electron chi connectivity index (χ0n) is 20.4. The van der Waals surface area contributed by atoms with Crippen molar-refractivity contribution in [1.29, 1.82) is 5.41 Å². The van der Waals surface area contributed by atoms with Gasteiger partial charge in [0.1, 0.15) is 0 Å². The molecule has 0 unspecified atom stereocenters. The monoisotopic (exact) mass is 455 g/mol. The Labute approximate surface area is 201 Å². The van der Waals surface area contributed by atoms with Gasteiger partial charge in [0.25, 0.3) is 0 Å². The van der Waals surface area contributed by atoms with Gasteiger partial charge in [-0.25, -0.2) is 4.79 Å². The van der Waals surface area contributed by atoms with E-state index in [1.54, 1.807) is 14.1 Å². The zero-order valence-corrected chi connectivity index (χ0v) is 20.4. The molecule has 34 heavy (non-hydrogen) atoms. The second-order valence-electron chi connectivity index (χ2n) is 9.18. The molecular formula is C28H33N5O. The molecule has 176 valence electrons. The molecule has 0 saturated carbocycles. The van der Waals surface area contributed by atoms with Crippen LogP contribution in [0.2, 0.25) is 0 Å². The summed E-state index contributed by atoms with van der Waals surface area (Å²) in [5.41, 5.74) is 7.21. The second kappa shape index (κ2) is 10.00. The fraction of sp³-hybridized carbons (Fsp3) is 0.286. The van der Waals surface area contributed by atoms with Gasteiger partial charge in [-0.15, -0.1) is 0 Å². The highest BCUT2D eigenvalue weighted by atomic mass is 16.2. The third-order valence-corrected chi connectivity index (χ3v) is 6.23. The first-order valence-electron chi connectivity index (χ1n) is 11.6. The lowest BCUT2D eigenvalue weighted by molar-refractivity contribution is 0.215. The van der Waals surface area contributed by atoms with Gasteiger partial charge in [0.15, 0.2) is 0 Å². The number of aromatic nitrogens is 2. The fourth-order valence-electron chi connectivity index (χ4n) is 4.27. The molecule has 0 bridgehead atoms. The molecule has 4 aromatic rings. The van der Waals surface area contributed by atoms with Crippen molar-refractivity contribution in [2.24, 2.45) is 0 Å². The predicted octanol–water partition coefficient (Wildman–Crippen LogP) is 4.64. The topological polar surface area (TPSA) is 66.1 Å². The van der Waals surface area contributed by atoms with Crippen molar-refractivity contribution in [2.75, 3.05) is 20.6 Å². The predicted molar refractivity (Wildman–Crippen MR) is 137 cm³/mol. The van der Waals surface area contributed by atoms with Crippen molar-refractivity contribution in [1.82, 2.24) is 19.4 Å². The van der Waals surface area contributed by atoms with Crippen molar-refractivity contribution in [3.8, 4) is 0 Å². The number of aryl methyl sites for hydroxylation is 2. The molecule has 0 saturated heterocycles. The van der Waals surface area contributed by atoms with Gasteiger partial charge in [-0.05, 0) is 43.5 Å². The molecule has 1 aromatic heterocycles. The van der Waals surface area contributed by atoms with Gasteiger partial charge in [0.2, 0.25) is 5.62 Å². The van der Waals surface area contributed by atoms with Crippen LogP contribution in [-0.2, 0) is 13.0 Å². The van der Waals surface area contributed by atoms with Crippen LogP contribution in [0.25, 0.3) is 11.0 Å². The Morgan fingerprint density at radius 1 is 0.882 bits per heavy atom. The summed E-state index contributed by atoms with van der Waals surface area (Å²) >= 11 is 0. The summed E-state index contributed by atoms with van der Waals surface area (Å²) < 4.78 is 4.12. The van der Waals surface area contributed by atoms with E-state index in [0.29, 0.717) is 25.1 Å². The van der Waals surface area contributed by atoms with Crippen LogP contribution in [0.15, 0.2) is 72.8 Å². The van der Waals surface area contributed by atoms with Gasteiger partial charge in [-0.3, -0.25) is 5.41 Å². The van der Waals surface area contributed by atoms with Crippen molar-refractivity contribution in [3.63, 3.8) is 0 Å². The van der Waals surface area contributed by atoms with E-state index in [1.165, 1.54) is 21.6 Å². The Morgan fingerprint density at radius 2 is 1.44 bits per heavy atom. The van der Waals surface area contributed by atoms with Gasteiger partial charge in [0, 0.05) is 20.6 Å². The molecule has 1 heterocycles. The number of benzene rings is 3. The highest BCUT2D eigenvalue weighted by molar-refractivity contribution is 5.76. The number of nitrogens with one attached hydrogen (secondary N) is 2. The maximum absolute atomic E-state index is 12.4. The molecule has 6 heteroatoms. The summed E-state index contributed by atoms with van der Waals surface area (Å²) in [5.74, 6) is 0. The van der Waals surface area contributed by atoms with Gasteiger partial charge in [-0.1, -0.05) is 71.8 Å². The Kier molecular flexibility index (Phi) is 6.87. The van der Waals surface area contributed by atoms with Crippen LogP contribution < -0.4 is 10.9 Å². The van der Waals surface area contributed by atoms with E-state index >= 15 is 0 Å². The summed E-state index contributed by atoms with van der Waals surface area (Å²) in [5, 5.41) is 12.2. The number of amides is 2. The van der Waals surface area contributed by atoms with Crippen LogP contribution in [0.3, 0.4) is 0 Å². The lowest BCUT2D eigenvalue weighted by Gasteiger charge is -2.22. The molecule has 0 fully saturated rings. The van der Waals surface area contributed by atoms with Gasteiger partial charge in [-0.2, -0.15) is 0 Å². The minimum Gasteiger partial charge on any atom is -0.336 e. The molecule has 4 rings (SSSR count). The summed E-state index contributed by atoms with van der Waals surface area (Å²) in [6.45, 7) is 5.21. The molecule has 0 spiro atoms. The minimum atomic E-state index is -0.135. The number of carbonyl (C=O) groups is 1. The fourth-order valence-corrected chi connectivity index (χ4v) is 4.27. The van der Waals surface area contributed by atoms with Gasteiger partial charge < -0.3 is 19.4 Å². The number of urea groups is 1. The molecule has 2 N–H and O–H groups in total. The number of hydrogen-bond donors (Lipinski definition) is 2. The first-order valence-corrected chi connectivity index (χ1v) is 11.6. The maximum Gasteiger partial charge on any atom is 0.316 e. The number of fused-ring (bicyclic) bond motifs is 1. The Balaban J connectivity index is 1.77. The van der Waals surface area contributed by atoms with Crippen LogP contribution >= 0.6 is 0 Å². The van der Waals surface area contributed by atoms with Crippen molar-refractivity contribution in [2.45, 2.75) is 32.9 Å². The van der Waals surface area contributed by atoms with E-state index in [9.17, 15) is 4.79 Å². The quantitative estimate of drug-likeness (QED) is 0.419. The molecule has 1 atom stereocenters. The molecule has 6 nitrogen and oxygen atoms in total. The number of para-hydroxylation sites is 2. The highest BCUT2D eigenvalue weighted by Gasteiger charge is 2.20. The number of hydrogen-bond acceptors (Lipinski definition) is 2. The maximum atomic E-state index is 12.4. The lowest BCUT2D eigenvalue weighted by Crippen LogP contribution is -2.40. The summed E-state index contributed by atoms with van der Waals surface area (Å²) in [6.07, 6.45) is 0.711. The highest BCUT2D eigenvalue weighted by Crippen LogP contribution is 2.21. The van der Waals surface area contributed by atoms with Crippen molar-refractivity contribution < 1.29 is 4.79 Å². The Hall–Kier alpha value is -3.80. The van der Waals surface area contributed by atoms with E-state index in [-0.39, 0.29) is 12.1 Å². The molecular weight excluding hydrogens is 422 g/mol. The average Bonchev–Trinajstić information content (AvgIpc) is 3.10. The second-order valence-corrected chi connectivity index (χ2v) is 9.18. The molecule has 0 aliphatic carbocycles. The summed E-state index contributed by atoms with van der Waals surface area (Å²) in [7, 11) is 3.47. The van der Waals surface area contributed by atoms with Crippen molar-refractivity contribution in [3.05, 3.63) is 101 Å². The number of carbonyl (C=O) groups excluding carboxylic acids is 1. The first-order chi connectivity index (χ1) is 16.3. The van der Waals surface area contributed by atoms with Crippen LogP contribution in [0.1, 0.15) is 28.3 Å². The molecule has 3 aromatic carbocycles. The number of imidazole rings is 1. The first kappa shape index (κ1) is 23.4. The number of nitrogens with zero attached hydrogens (tertiary/aromatic N) is 3. The van der Waals surface area contributed by atoms with Gasteiger partial charge >= 0.3 is 6.03 Å². The third kappa shape index (κ3) is 5.06. The normalized spacial score (nSPS) is 12.0. The Bertz CT molecular complexity index is 1330. The summed E-state index contributed by atoms with van der Waals surface area (Å²) in [6, 6.07) is 24.8. The number of rotatable bonds is 7. The Morgan fingerprint density at radius 3 is 2.03 bits per heavy atom. The smallest absolute Gasteiger partial charge is 0.316 e. The largest absolute Gasteiger partial charge is 0.336 e. The van der Waals surface area contributed by atoms with E-state index in [4.69, 9.17) is 5.41 Å². The van der Waals surface area contributed by atoms with E-state index in [0.717, 1.165) is 16.6 Å². The van der Waals surface area contributed by atoms with Crippen LogP contribution in [0.5, 0.6) is 0 Å². The van der Waals surface area contributed by atoms with Crippen molar-refractivity contribution >= 4 is 17.1 Å². The average molecular weight is 456 g/mol. The van der Waals surface area contributed by atoms with Crippen LogP contribution in [-0.4, -0.2) is 40.7 Å². The van der Waals surface area contributed by atoms with E-state index < -0.39 is 0 Å². The summed E-state index contributed by atoms with van der Waals surface area (Å²) in [4.78, 5) is 13.9. The van der Waals surface area contributed by atoms with Gasteiger partial charge in [0.05, 0.1) is 23.6 Å². The lowest BCUT2D eigenvalue weighted by atomic mass is 10.0. The van der Waals surface area contributed by atoms with Crippen LogP contribution in [0, 0.1) is 19.3 Å². The zero-order chi connectivity index (χ0) is 24.2. The van der Waals surface area contributed by atoms with E-state index in [2.05, 4.69) is 89.0 Å². The van der Waals surface area contributed by atoms with E-state index in [1.807, 2.05) is 12.1 Å². The molecule has 0 radical (unpaired) electrons. The minimum absolute atomic E-state index is 0.108.